The smallest absolute Gasteiger partial charge is 0.224 e. The number of rotatable bonds is 2. The molecule has 1 aliphatic carbocycles. The molecule has 4 nitrogen and oxygen atoms in total. The molecule has 18 heavy (non-hydrogen) atoms. The van der Waals surface area contributed by atoms with E-state index in [4.69, 9.17) is 11.6 Å². The third-order valence-corrected chi connectivity index (χ3v) is 4.16. The summed E-state index contributed by atoms with van der Waals surface area (Å²) in [5.41, 5.74) is 2.37. The summed E-state index contributed by atoms with van der Waals surface area (Å²) in [6, 6.07) is 0.196. The third-order valence-electron chi connectivity index (χ3n) is 3.99. The highest BCUT2D eigenvalue weighted by Crippen LogP contribution is 2.32. The van der Waals surface area contributed by atoms with E-state index in [2.05, 4.69) is 14.9 Å². The van der Waals surface area contributed by atoms with Crippen molar-refractivity contribution in [1.29, 1.82) is 0 Å². The van der Waals surface area contributed by atoms with Gasteiger partial charge in [-0.25, -0.2) is 9.97 Å². The van der Waals surface area contributed by atoms with E-state index < -0.39 is 0 Å². The molecule has 2 aliphatic rings. The van der Waals surface area contributed by atoms with Gasteiger partial charge in [-0.3, -0.25) is 0 Å². The van der Waals surface area contributed by atoms with Crippen LogP contribution in [0.1, 0.15) is 36.9 Å². The Hall–Kier alpha value is -0.870. The van der Waals surface area contributed by atoms with Crippen molar-refractivity contribution in [3.8, 4) is 0 Å². The van der Waals surface area contributed by atoms with Crippen LogP contribution in [0.25, 0.3) is 0 Å². The van der Waals surface area contributed by atoms with E-state index in [1.807, 2.05) is 0 Å². The van der Waals surface area contributed by atoms with Crippen LogP contribution in [0.3, 0.4) is 0 Å². The fourth-order valence-corrected chi connectivity index (χ4v) is 3.27. The van der Waals surface area contributed by atoms with Crippen molar-refractivity contribution in [1.82, 2.24) is 9.97 Å². The van der Waals surface area contributed by atoms with Crippen LogP contribution in [0.15, 0.2) is 0 Å². The van der Waals surface area contributed by atoms with E-state index in [9.17, 15) is 5.11 Å². The van der Waals surface area contributed by atoms with Gasteiger partial charge in [-0.2, -0.15) is 0 Å². The van der Waals surface area contributed by atoms with E-state index in [0.29, 0.717) is 5.28 Å². The van der Waals surface area contributed by atoms with Crippen molar-refractivity contribution in [2.45, 2.75) is 44.6 Å². The largest absolute Gasteiger partial charge is 0.394 e. The zero-order valence-corrected chi connectivity index (χ0v) is 11.2. The number of nitrogens with zero attached hydrogens (tertiary/aromatic N) is 3. The molecular weight excluding hydrogens is 250 g/mol. The number of aliphatic hydroxyl groups excluding tert-OH is 1. The number of aromatic nitrogens is 2. The van der Waals surface area contributed by atoms with Crippen molar-refractivity contribution in [2.24, 2.45) is 0 Å². The summed E-state index contributed by atoms with van der Waals surface area (Å²) in [7, 11) is 0. The molecule has 5 heteroatoms. The Balaban J connectivity index is 2.02. The minimum absolute atomic E-state index is 0.191. The lowest BCUT2D eigenvalue weighted by atomic mass is 9.96. The van der Waals surface area contributed by atoms with E-state index in [0.717, 1.165) is 43.7 Å². The predicted octanol–water partition coefficient (Wildman–Crippen LogP) is 1.97. The lowest BCUT2D eigenvalue weighted by molar-refractivity contribution is 0.266. The van der Waals surface area contributed by atoms with E-state index in [1.54, 1.807) is 0 Å². The molecule has 0 radical (unpaired) electrons. The minimum atomic E-state index is 0.191. The standard InChI is InChI=1S/C13H18ClN3O/c14-13-15-11-6-2-1-5-10(11)12(16-13)17-7-3-4-9(17)8-18/h9,18H,1-8H2. The summed E-state index contributed by atoms with van der Waals surface area (Å²) in [6.07, 6.45) is 6.57. The molecule has 1 aliphatic heterocycles. The molecule has 0 saturated carbocycles. The molecule has 1 saturated heterocycles. The van der Waals surface area contributed by atoms with Gasteiger partial charge in [-0.1, -0.05) is 0 Å². The molecule has 1 unspecified atom stereocenters. The summed E-state index contributed by atoms with van der Waals surface area (Å²) in [5.74, 6) is 0.973. The first kappa shape index (κ1) is 12.2. The molecule has 1 atom stereocenters. The quantitative estimate of drug-likeness (QED) is 0.833. The van der Waals surface area contributed by atoms with Crippen LogP contribution in [0, 0.1) is 0 Å². The summed E-state index contributed by atoms with van der Waals surface area (Å²) in [5, 5.41) is 9.79. The van der Waals surface area contributed by atoms with E-state index in [-0.39, 0.29) is 12.6 Å². The molecule has 0 bridgehead atoms. The number of aliphatic hydroxyl groups is 1. The fraction of sp³-hybridized carbons (Fsp3) is 0.692. The number of halogens is 1. The third kappa shape index (κ3) is 2.08. The number of aryl methyl sites for hydroxylation is 1. The summed E-state index contributed by atoms with van der Waals surface area (Å²) in [4.78, 5) is 11.0. The number of fused-ring (bicyclic) bond motifs is 1. The normalized spacial score (nSPS) is 23.2. The molecular formula is C13H18ClN3O. The molecule has 1 fully saturated rings. The second-order valence-corrected chi connectivity index (χ2v) is 5.46. The van der Waals surface area contributed by atoms with Crippen molar-refractivity contribution in [3.63, 3.8) is 0 Å². The zero-order valence-electron chi connectivity index (χ0n) is 10.4. The number of hydrogen-bond donors (Lipinski definition) is 1. The van der Waals surface area contributed by atoms with Gasteiger partial charge >= 0.3 is 0 Å². The fourth-order valence-electron chi connectivity index (χ4n) is 3.09. The second-order valence-electron chi connectivity index (χ2n) is 5.12. The van der Waals surface area contributed by atoms with Gasteiger partial charge < -0.3 is 10.0 Å². The molecule has 1 aromatic heterocycles. The van der Waals surface area contributed by atoms with Crippen LogP contribution in [-0.4, -0.2) is 34.3 Å². The summed E-state index contributed by atoms with van der Waals surface area (Å²) >= 11 is 6.04. The molecule has 2 heterocycles. The molecule has 1 aromatic rings. The first-order valence-corrected chi connectivity index (χ1v) is 7.10. The first-order valence-electron chi connectivity index (χ1n) is 6.72. The number of hydrogen-bond acceptors (Lipinski definition) is 4. The van der Waals surface area contributed by atoms with Gasteiger partial charge in [0.15, 0.2) is 0 Å². The van der Waals surface area contributed by atoms with Crippen LogP contribution < -0.4 is 4.90 Å². The molecule has 0 amide bonds. The number of anilines is 1. The first-order chi connectivity index (χ1) is 8.79. The van der Waals surface area contributed by atoms with E-state index >= 15 is 0 Å². The Kier molecular flexibility index (Phi) is 3.39. The lowest BCUT2D eigenvalue weighted by Gasteiger charge is -2.28. The Morgan fingerprint density at radius 2 is 2.06 bits per heavy atom. The lowest BCUT2D eigenvalue weighted by Crippen LogP contribution is -2.34. The Labute approximate surface area is 112 Å². The monoisotopic (exact) mass is 267 g/mol. The zero-order chi connectivity index (χ0) is 12.5. The maximum Gasteiger partial charge on any atom is 0.224 e. The molecule has 3 rings (SSSR count). The minimum Gasteiger partial charge on any atom is -0.394 e. The second kappa shape index (κ2) is 5.02. The molecule has 0 spiro atoms. The average molecular weight is 268 g/mol. The van der Waals surface area contributed by atoms with Crippen molar-refractivity contribution < 1.29 is 5.11 Å². The summed E-state index contributed by atoms with van der Waals surface area (Å²) in [6.45, 7) is 1.15. The van der Waals surface area contributed by atoms with Gasteiger partial charge in [0.1, 0.15) is 5.82 Å². The average Bonchev–Trinajstić information content (AvgIpc) is 2.85. The van der Waals surface area contributed by atoms with Gasteiger partial charge in [-0.15, -0.1) is 0 Å². The van der Waals surface area contributed by atoms with Gasteiger partial charge in [0.05, 0.1) is 18.3 Å². The molecule has 1 N–H and O–H groups in total. The SMILES string of the molecule is OCC1CCCN1c1nc(Cl)nc2c1CCCC2. The van der Waals surface area contributed by atoms with Crippen LogP contribution in [-0.2, 0) is 12.8 Å². The van der Waals surface area contributed by atoms with Crippen molar-refractivity contribution in [3.05, 3.63) is 16.5 Å². The van der Waals surface area contributed by atoms with Crippen LogP contribution in [0.2, 0.25) is 5.28 Å². The van der Waals surface area contributed by atoms with E-state index in [1.165, 1.54) is 18.4 Å². The van der Waals surface area contributed by atoms with Crippen LogP contribution >= 0.6 is 11.6 Å². The van der Waals surface area contributed by atoms with Crippen LogP contribution in [0.4, 0.5) is 5.82 Å². The van der Waals surface area contributed by atoms with Gasteiger partial charge in [0.25, 0.3) is 0 Å². The molecule has 98 valence electrons. The van der Waals surface area contributed by atoms with Gasteiger partial charge in [0, 0.05) is 12.1 Å². The maximum atomic E-state index is 9.45. The predicted molar refractivity (Wildman–Crippen MR) is 71.1 cm³/mol. The van der Waals surface area contributed by atoms with Crippen LogP contribution in [0.5, 0.6) is 0 Å². The Morgan fingerprint density at radius 3 is 2.89 bits per heavy atom. The Bertz CT molecular complexity index is 452. The van der Waals surface area contributed by atoms with Gasteiger partial charge in [-0.05, 0) is 50.1 Å². The highest BCUT2D eigenvalue weighted by molar-refractivity contribution is 6.28. The highest BCUT2D eigenvalue weighted by Gasteiger charge is 2.29. The van der Waals surface area contributed by atoms with Crippen molar-refractivity contribution in [2.75, 3.05) is 18.1 Å². The Morgan fingerprint density at radius 1 is 1.22 bits per heavy atom. The molecule has 0 aromatic carbocycles. The van der Waals surface area contributed by atoms with Gasteiger partial charge in [0.2, 0.25) is 5.28 Å². The van der Waals surface area contributed by atoms with Crippen molar-refractivity contribution >= 4 is 17.4 Å². The summed E-state index contributed by atoms with van der Waals surface area (Å²) < 4.78 is 0. The highest BCUT2D eigenvalue weighted by atomic mass is 35.5. The maximum absolute atomic E-state index is 9.45. The topological polar surface area (TPSA) is 49.2 Å².